The van der Waals surface area contributed by atoms with Crippen molar-refractivity contribution in [1.29, 1.82) is 0 Å². The van der Waals surface area contributed by atoms with E-state index in [0.717, 1.165) is 30.5 Å². The number of pyridine rings is 1. The van der Waals surface area contributed by atoms with Crippen LogP contribution in [0.4, 0.5) is 26.3 Å². The second-order valence-electron chi connectivity index (χ2n) is 6.56. The molecule has 166 valence electrons. The highest BCUT2D eigenvalue weighted by Crippen LogP contribution is 2.37. The summed E-state index contributed by atoms with van der Waals surface area (Å²) in [5.74, 6) is -1.13. The molecule has 0 atom stereocenters. The van der Waals surface area contributed by atoms with Gasteiger partial charge in [0.1, 0.15) is 5.03 Å². The Labute approximate surface area is 177 Å². The number of hydrogen-bond donors (Lipinski definition) is 0. The maximum atomic E-state index is 12.7. The molecule has 0 radical (unpaired) electrons. The molecule has 1 aliphatic heterocycles. The molecule has 0 bridgehead atoms. The monoisotopic (exact) mass is 463 g/mol. The average molecular weight is 463 g/mol. The van der Waals surface area contributed by atoms with Crippen LogP contribution < -0.4 is 0 Å². The Morgan fingerprint density at radius 3 is 1.90 bits per heavy atom. The van der Waals surface area contributed by atoms with Crippen LogP contribution in [0.3, 0.4) is 0 Å². The number of amides is 2. The second kappa shape index (κ2) is 8.77. The number of rotatable bonds is 3. The van der Waals surface area contributed by atoms with Crippen LogP contribution in [0.2, 0.25) is 0 Å². The molecule has 1 aromatic heterocycles. The lowest BCUT2D eigenvalue weighted by Gasteiger charge is -2.35. The summed E-state index contributed by atoms with van der Waals surface area (Å²) in [7, 11) is 0. The van der Waals surface area contributed by atoms with Crippen molar-refractivity contribution in [1.82, 2.24) is 14.8 Å². The van der Waals surface area contributed by atoms with Crippen molar-refractivity contribution in [2.45, 2.75) is 16.7 Å². The number of hydrogen-bond acceptors (Lipinski definition) is 4. The molecule has 0 unspecified atom stereocenters. The maximum absolute atomic E-state index is 12.7. The van der Waals surface area contributed by atoms with Crippen LogP contribution in [0.5, 0.6) is 0 Å². The largest absolute Gasteiger partial charge is 0.447 e. The molecule has 12 heteroatoms. The molecule has 2 heterocycles. The van der Waals surface area contributed by atoms with Gasteiger partial charge in [-0.15, -0.1) is 0 Å². The zero-order valence-electron chi connectivity index (χ0n) is 15.7. The third-order valence-corrected chi connectivity index (χ3v) is 5.28. The van der Waals surface area contributed by atoms with Crippen molar-refractivity contribution in [3.05, 3.63) is 59.3 Å². The summed E-state index contributed by atoms with van der Waals surface area (Å²) in [4.78, 5) is 31.5. The number of benzene rings is 1. The van der Waals surface area contributed by atoms with Gasteiger partial charge in [0, 0.05) is 49.7 Å². The number of thioether (sulfide) groups is 1. The Morgan fingerprint density at radius 1 is 0.839 bits per heavy atom. The molecule has 0 saturated carbocycles. The summed E-state index contributed by atoms with van der Waals surface area (Å²) in [5, 5.41) is -0.455. The summed E-state index contributed by atoms with van der Waals surface area (Å²) in [6.45, 7) is 0.313. The zero-order valence-corrected chi connectivity index (χ0v) is 16.5. The van der Waals surface area contributed by atoms with E-state index >= 15 is 0 Å². The molecule has 0 N–H and O–H groups in total. The predicted octanol–water partition coefficient (Wildman–Crippen LogP) is 4.31. The predicted molar refractivity (Wildman–Crippen MR) is 99.4 cm³/mol. The SMILES string of the molecule is O=C(c1ccc(C(F)(F)F)cc1)N1CCN(C(=O)c2cccnc2SC(F)(F)F)CC1. The molecule has 31 heavy (non-hydrogen) atoms. The van der Waals surface area contributed by atoms with Gasteiger partial charge in [-0.2, -0.15) is 26.3 Å². The highest BCUT2D eigenvalue weighted by molar-refractivity contribution is 8.00. The molecule has 3 rings (SSSR count). The molecule has 1 aliphatic rings. The first-order chi connectivity index (χ1) is 14.5. The topological polar surface area (TPSA) is 53.5 Å². The Morgan fingerprint density at radius 2 is 1.39 bits per heavy atom. The second-order valence-corrected chi connectivity index (χ2v) is 7.62. The highest BCUT2D eigenvalue weighted by Gasteiger charge is 2.34. The van der Waals surface area contributed by atoms with Crippen molar-refractivity contribution < 1.29 is 35.9 Å². The van der Waals surface area contributed by atoms with Gasteiger partial charge in [0.15, 0.2) is 0 Å². The number of nitrogens with zero attached hydrogens (tertiary/aromatic N) is 3. The van der Waals surface area contributed by atoms with Gasteiger partial charge in [-0.25, -0.2) is 4.98 Å². The van der Waals surface area contributed by atoms with Gasteiger partial charge in [-0.3, -0.25) is 9.59 Å². The average Bonchev–Trinajstić information content (AvgIpc) is 2.71. The standard InChI is InChI=1S/C19H15F6N3O2S/c20-18(21,22)13-5-3-12(4-6-13)16(29)27-8-10-28(11-9-27)17(30)14-2-1-7-26-15(14)31-19(23,24)25/h1-7H,8-11H2. The summed E-state index contributed by atoms with van der Waals surface area (Å²) >= 11 is -0.478. The van der Waals surface area contributed by atoms with E-state index in [1.54, 1.807) is 0 Å². The van der Waals surface area contributed by atoms with Crippen LogP contribution in [0.15, 0.2) is 47.6 Å². The quantitative estimate of drug-likeness (QED) is 0.503. The Hall–Kier alpha value is -2.76. The Kier molecular flexibility index (Phi) is 6.48. The maximum Gasteiger partial charge on any atom is 0.447 e. The fourth-order valence-electron chi connectivity index (χ4n) is 3.01. The third kappa shape index (κ3) is 5.69. The number of alkyl halides is 6. The molecule has 1 fully saturated rings. The van der Waals surface area contributed by atoms with Crippen molar-refractivity contribution in [3.63, 3.8) is 0 Å². The molecular weight excluding hydrogens is 448 g/mol. The van der Waals surface area contributed by atoms with E-state index < -0.39 is 45.9 Å². The minimum Gasteiger partial charge on any atom is -0.335 e. The molecule has 5 nitrogen and oxygen atoms in total. The molecule has 2 aromatic rings. The lowest BCUT2D eigenvalue weighted by Crippen LogP contribution is -2.50. The molecule has 1 aromatic carbocycles. The first-order valence-electron chi connectivity index (χ1n) is 8.92. The van der Waals surface area contributed by atoms with Gasteiger partial charge < -0.3 is 9.80 Å². The molecule has 1 saturated heterocycles. The van der Waals surface area contributed by atoms with Crippen LogP contribution in [0.25, 0.3) is 0 Å². The van der Waals surface area contributed by atoms with E-state index in [9.17, 15) is 35.9 Å². The highest BCUT2D eigenvalue weighted by atomic mass is 32.2. The lowest BCUT2D eigenvalue weighted by molar-refractivity contribution is -0.137. The van der Waals surface area contributed by atoms with E-state index in [4.69, 9.17) is 0 Å². The van der Waals surface area contributed by atoms with E-state index in [-0.39, 0.29) is 37.3 Å². The lowest BCUT2D eigenvalue weighted by atomic mass is 10.1. The number of aromatic nitrogens is 1. The smallest absolute Gasteiger partial charge is 0.335 e. The van der Waals surface area contributed by atoms with Gasteiger partial charge in [-0.05, 0) is 36.4 Å². The minimum absolute atomic E-state index is 0.0657. The van der Waals surface area contributed by atoms with Crippen molar-refractivity contribution in [2.75, 3.05) is 26.2 Å². The van der Waals surface area contributed by atoms with Gasteiger partial charge in [0.25, 0.3) is 11.8 Å². The minimum atomic E-state index is -4.60. The number of carbonyl (C=O) groups excluding carboxylic acids is 2. The van der Waals surface area contributed by atoms with E-state index in [1.807, 2.05) is 0 Å². The van der Waals surface area contributed by atoms with E-state index in [2.05, 4.69) is 4.98 Å². The van der Waals surface area contributed by atoms with Crippen LogP contribution in [0, 0.1) is 0 Å². The van der Waals surface area contributed by atoms with Gasteiger partial charge in [-0.1, -0.05) is 0 Å². The summed E-state index contributed by atoms with van der Waals surface area (Å²) in [6.07, 6.45) is -3.35. The summed E-state index contributed by atoms with van der Waals surface area (Å²) in [5.41, 5.74) is -5.59. The summed E-state index contributed by atoms with van der Waals surface area (Å²) < 4.78 is 76.1. The molecule has 0 aliphatic carbocycles. The normalized spacial score (nSPS) is 15.2. The first-order valence-corrected chi connectivity index (χ1v) is 9.74. The summed E-state index contributed by atoms with van der Waals surface area (Å²) in [6, 6.07) is 6.41. The third-order valence-electron chi connectivity index (χ3n) is 4.53. The van der Waals surface area contributed by atoms with Crippen LogP contribution >= 0.6 is 11.8 Å². The molecular formula is C19H15F6N3O2S. The van der Waals surface area contributed by atoms with Gasteiger partial charge in [0.05, 0.1) is 11.1 Å². The van der Waals surface area contributed by atoms with Crippen LogP contribution in [0.1, 0.15) is 26.3 Å². The van der Waals surface area contributed by atoms with Crippen molar-refractivity contribution in [2.24, 2.45) is 0 Å². The molecule has 0 spiro atoms. The van der Waals surface area contributed by atoms with E-state index in [1.165, 1.54) is 21.9 Å². The fraction of sp³-hybridized carbons (Fsp3) is 0.316. The van der Waals surface area contributed by atoms with Crippen LogP contribution in [-0.4, -0.2) is 58.3 Å². The fourth-order valence-corrected chi connectivity index (χ4v) is 3.61. The Bertz CT molecular complexity index is 954. The zero-order chi connectivity index (χ0) is 22.8. The Balaban J connectivity index is 1.65. The van der Waals surface area contributed by atoms with Crippen molar-refractivity contribution >= 4 is 23.6 Å². The van der Waals surface area contributed by atoms with Crippen molar-refractivity contribution in [3.8, 4) is 0 Å². The van der Waals surface area contributed by atoms with E-state index in [0.29, 0.717) is 0 Å². The molecule has 2 amide bonds. The first kappa shape index (κ1) is 22.9. The number of carbonyl (C=O) groups is 2. The van der Waals surface area contributed by atoms with Gasteiger partial charge >= 0.3 is 11.7 Å². The van der Waals surface area contributed by atoms with Crippen LogP contribution in [-0.2, 0) is 6.18 Å². The van der Waals surface area contributed by atoms with Gasteiger partial charge in [0.2, 0.25) is 0 Å². The number of halogens is 6. The number of piperazine rings is 1.